The van der Waals surface area contributed by atoms with Gasteiger partial charge in [-0.3, -0.25) is 4.79 Å². The summed E-state index contributed by atoms with van der Waals surface area (Å²) in [5, 5.41) is 7.01. The van der Waals surface area contributed by atoms with E-state index in [0.717, 1.165) is 36.9 Å². The molecule has 0 saturated heterocycles. The van der Waals surface area contributed by atoms with Gasteiger partial charge in [0.25, 0.3) is 0 Å². The summed E-state index contributed by atoms with van der Waals surface area (Å²) in [5.74, 6) is -0.0413. The Kier molecular flexibility index (Phi) is 3.70. The molecular weight excluding hydrogens is 266 g/mol. The molecule has 0 radical (unpaired) electrons. The molecule has 3 N–H and O–H groups in total. The van der Waals surface area contributed by atoms with Crippen LogP contribution in [0.5, 0.6) is 0 Å². The molecule has 6 nitrogen and oxygen atoms in total. The second kappa shape index (κ2) is 5.65. The highest BCUT2D eigenvalue weighted by Crippen LogP contribution is 2.27. The van der Waals surface area contributed by atoms with Crippen molar-refractivity contribution in [2.75, 3.05) is 0 Å². The fourth-order valence-corrected chi connectivity index (χ4v) is 2.70. The van der Waals surface area contributed by atoms with Crippen molar-refractivity contribution >= 4 is 5.91 Å². The molecule has 1 amide bonds. The quantitative estimate of drug-likeness (QED) is 0.882. The van der Waals surface area contributed by atoms with E-state index in [9.17, 15) is 4.79 Å². The second-order valence-corrected chi connectivity index (χ2v) is 5.55. The second-order valence-electron chi connectivity index (χ2n) is 5.55. The molecule has 1 heterocycles. The minimum atomic E-state index is -0.666. The van der Waals surface area contributed by atoms with E-state index in [0.29, 0.717) is 6.54 Å². The summed E-state index contributed by atoms with van der Waals surface area (Å²) in [4.78, 5) is 16.0. The van der Waals surface area contributed by atoms with Crippen LogP contribution in [0, 0.1) is 0 Å². The Morgan fingerprint density at radius 2 is 2.00 bits per heavy atom. The summed E-state index contributed by atoms with van der Waals surface area (Å²) in [7, 11) is 0. The highest BCUT2D eigenvalue weighted by atomic mass is 16.2. The number of amides is 1. The van der Waals surface area contributed by atoms with E-state index in [-0.39, 0.29) is 5.91 Å². The topological polar surface area (TPSA) is 85.8 Å². The van der Waals surface area contributed by atoms with E-state index in [2.05, 4.69) is 15.4 Å². The number of rotatable bonds is 4. The summed E-state index contributed by atoms with van der Waals surface area (Å²) >= 11 is 0. The van der Waals surface area contributed by atoms with Crippen LogP contribution in [0.2, 0.25) is 0 Å². The number of hydrogen-bond acceptors (Lipinski definition) is 4. The van der Waals surface area contributed by atoms with Crippen molar-refractivity contribution in [1.82, 2.24) is 20.1 Å². The largest absolute Gasteiger partial charge is 0.350 e. The number of hydrogen-bond donors (Lipinski definition) is 2. The highest BCUT2D eigenvalue weighted by Gasteiger charge is 2.36. The van der Waals surface area contributed by atoms with Crippen LogP contribution < -0.4 is 11.1 Å². The molecule has 1 aromatic heterocycles. The van der Waals surface area contributed by atoms with Gasteiger partial charge in [-0.05, 0) is 30.5 Å². The van der Waals surface area contributed by atoms with Crippen LogP contribution in [-0.2, 0) is 11.3 Å². The molecule has 110 valence electrons. The van der Waals surface area contributed by atoms with Gasteiger partial charge in [0.1, 0.15) is 12.7 Å². The zero-order valence-electron chi connectivity index (χ0n) is 11.8. The van der Waals surface area contributed by atoms with Crippen molar-refractivity contribution in [3.63, 3.8) is 0 Å². The lowest BCUT2D eigenvalue weighted by Gasteiger charge is -2.22. The molecule has 0 unspecified atom stereocenters. The van der Waals surface area contributed by atoms with Crippen molar-refractivity contribution < 1.29 is 4.79 Å². The van der Waals surface area contributed by atoms with Crippen LogP contribution in [-0.4, -0.2) is 26.2 Å². The van der Waals surface area contributed by atoms with E-state index >= 15 is 0 Å². The van der Waals surface area contributed by atoms with E-state index < -0.39 is 5.54 Å². The third kappa shape index (κ3) is 2.95. The number of nitrogens with one attached hydrogen (secondary N) is 1. The van der Waals surface area contributed by atoms with Gasteiger partial charge >= 0.3 is 0 Å². The molecule has 2 aromatic rings. The molecule has 21 heavy (non-hydrogen) atoms. The standard InChI is InChI=1S/C15H19N5O/c16-15(7-1-2-8-15)14(21)18-9-12-3-5-13(6-4-12)20-11-17-10-19-20/h3-6,10-11H,1-2,7-9,16H2,(H,18,21). The van der Waals surface area contributed by atoms with E-state index in [1.165, 1.54) is 6.33 Å². The van der Waals surface area contributed by atoms with Gasteiger partial charge in [-0.2, -0.15) is 5.10 Å². The SMILES string of the molecule is NC1(C(=O)NCc2ccc(-n3cncn3)cc2)CCCC1. The first-order valence-corrected chi connectivity index (χ1v) is 7.18. The van der Waals surface area contributed by atoms with Gasteiger partial charge in [-0.1, -0.05) is 25.0 Å². The number of carbonyl (C=O) groups excluding carboxylic acids is 1. The maximum Gasteiger partial charge on any atom is 0.240 e. The molecule has 0 spiro atoms. The Morgan fingerprint density at radius 1 is 1.29 bits per heavy atom. The predicted molar refractivity (Wildman–Crippen MR) is 78.6 cm³/mol. The maximum atomic E-state index is 12.1. The van der Waals surface area contributed by atoms with Crippen LogP contribution in [0.4, 0.5) is 0 Å². The monoisotopic (exact) mass is 285 g/mol. The Balaban J connectivity index is 1.60. The fraction of sp³-hybridized carbons (Fsp3) is 0.400. The molecule has 0 bridgehead atoms. The van der Waals surface area contributed by atoms with Crippen molar-refractivity contribution in [2.24, 2.45) is 5.73 Å². The van der Waals surface area contributed by atoms with Gasteiger partial charge in [0.05, 0.1) is 11.2 Å². The Labute approximate surface area is 123 Å². The first-order valence-electron chi connectivity index (χ1n) is 7.18. The lowest BCUT2D eigenvalue weighted by molar-refractivity contribution is -0.126. The van der Waals surface area contributed by atoms with Crippen molar-refractivity contribution in [3.05, 3.63) is 42.5 Å². The summed E-state index contributed by atoms with van der Waals surface area (Å²) in [6.07, 6.45) is 6.78. The Morgan fingerprint density at radius 3 is 2.62 bits per heavy atom. The lowest BCUT2D eigenvalue weighted by atomic mass is 9.98. The van der Waals surface area contributed by atoms with Crippen LogP contribution in [0.1, 0.15) is 31.2 Å². The lowest BCUT2D eigenvalue weighted by Crippen LogP contribution is -2.51. The van der Waals surface area contributed by atoms with Crippen molar-refractivity contribution in [2.45, 2.75) is 37.8 Å². The summed E-state index contributed by atoms with van der Waals surface area (Å²) in [6.45, 7) is 0.495. The minimum Gasteiger partial charge on any atom is -0.350 e. The predicted octanol–water partition coefficient (Wildman–Crippen LogP) is 1.15. The van der Waals surface area contributed by atoms with Gasteiger partial charge in [0, 0.05) is 6.54 Å². The molecule has 0 aliphatic heterocycles. The number of aromatic nitrogens is 3. The fourth-order valence-electron chi connectivity index (χ4n) is 2.70. The van der Waals surface area contributed by atoms with Crippen LogP contribution >= 0.6 is 0 Å². The van der Waals surface area contributed by atoms with Crippen molar-refractivity contribution in [3.8, 4) is 5.69 Å². The third-order valence-electron chi connectivity index (χ3n) is 4.02. The van der Waals surface area contributed by atoms with Crippen molar-refractivity contribution in [1.29, 1.82) is 0 Å². The van der Waals surface area contributed by atoms with E-state index in [1.807, 2.05) is 24.3 Å². The van der Waals surface area contributed by atoms with E-state index in [4.69, 9.17) is 5.73 Å². The van der Waals surface area contributed by atoms with Gasteiger partial charge in [0.2, 0.25) is 5.91 Å². The normalized spacial score (nSPS) is 16.8. The van der Waals surface area contributed by atoms with Gasteiger partial charge in [-0.15, -0.1) is 0 Å². The number of carbonyl (C=O) groups is 1. The molecule has 0 atom stereocenters. The molecule has 3 rings (SSSR count). The van der Waals surface area contributed by atoms with Gasteiger partial charge in [0.15, 0.2) is 0 Å². The van der Waals surface area contributed by atoms with Gasteiger partial charge in [-0.25, -0.2) is 9.67 Å². The molecule has 1 aliphatic rings. The third-order valence-corrected chi connectivity index (χ3v) is 4.02. The zero-order chi connectivity index (χ0) is 14.7. The Hall–Kier alpha value is -2.21. The molecule has 1 fully saturated rings. The van der Waals surface area contributed by atoms with Crippen LogP contribution in [0.15, 0.2) is 36.9 Å². The van der Waals surface area contributed by atoms with Crippen LogP contribution in [0.3, 0.4) is 0 Å². The number of nitrogens with zero attached hydrogens (tertiary/aromatic N) is 3. The van der Waals surface area contributed by atoms with Gasteiger partial charge < -0.3 is 11.1 Å². The summed E-state index contributed by atoms with van der Waals surface area (Å²) in [5.41, 5.74) is 7.43. The zero-order valence-corrected chi connectivity index (χ0v) is 11.8. The molecule has 1 saturated carbocycles. The first kappa shape index (κ1) is 13.8. The number of nitrogens with two attached hydrogens (primary N) is 1. The summed E-state index contributed by atoms with van der Waals surface area (Å²) in [6, 6.07) is 7.83. The van der Waals surface area contributed by atoms with Crippen LogP contribution in [0.25, 0.3) is 5.69 Å². The average molecular weight is 285 g/mol. The minimum absolute atomic E-state index is 0.0413. The Bertz CT molecular complexity index is 600. The molecule has 1 aliphatic carbocycles. The first-order chi connectivity index (χ1) is 10.2. The highest BCUT2D eigenvalue weighted by molar-refractivity contribution is 5.86. The molecule has 6 heteroatoms. The number of benzene rings is 1. The smallest absolute Gasteiger partial charge is 0.240 e. The summed E-state index contributed by atoms with van der Waals surface area (Å²) < 4.78 is 1.69. The molecule has 1 aromatic carbocycles. The maximum absolute atomic E-state index is 12.1. The molecular formula is C15H19N5O. The van der Waals surface area contributed by atoms with E-state index in [1.54, 1.807) is 11.0 Å². The average Bonchev–Trinajstić information content (AvgIpc) is 3.17.